The first-order chi connectivity index (χ1) is 16.4. The van der Waals surface area contributed by atoms with Crippen LogP contribution >= 0.6 is 11.3 Å². The van der Waals surface area contributed by atoms with E-state index in [1.807, 2.05) is 6.07 Å². The molecule has 4 rings (SSSR count). The first-order valence-electron chi connectivity index (χ1n) is 11.4. The summed E-state index contributed by atoms with van der Waals surface area (Å²) in [7, 11) is 0. The second-order valence-electron chi connectivity index (χ2n) is 8.73. The van der Waals surface area contributed by atoms with Crippen molar-refractivity contribution in [1.82, 2.24) is 9.88 Å². The van der Waals surface area contributed by atoms with Crippen LogP contribution in [0.15, 0.2) is 30.6 Å². The first-order valence-corrected chi connectivity index (χ1v) is 12.2. The van der Waals surface area contributed by atoms with Crippen molar-refractivity contribution in [3.05, 3.63) is 57.0 Å². The maximum Gasteiger partial charge on any atom is 0.409 e. The lowest BCUT2D eigenvalue weighted by molar-refractivity contribution is -0.113. The number of allylic oxidation sites excluding steroid dienone is 1. The number of hydrogen-bond donors (Lipinski definition) is 2. The molecule has 3 heterocycles. The standard InChI is InChI=1S/C25H27N3O5S/c26-12-20-19-6-4-17(15-33-25(32)28-9-7-21(30)22(31)14-28)10-23(19)34-24(20)11-18(29)5-3-16-2-1-8-27-13-16/h1-3,5,8,13,17,21-22,30-31H,4,6-7,9-11,14-15H2/b5-3+/t17?,21-,22+/m1/s1. The predicted octanol–water partition coefficient (Wildman–Crippen LogP) is 2.51. The van der Waals surface area contributed by atoms with Gasteiger partial charge in [-0.05, 0) is 60.9 Å². The van der Waals surface area contributed by atoms with Gasteiger partial charge in [0, 0.05) is 35.1 Å². The van der Waals surface area contributed by atoms with E-state index in [1.54, 1.807) is 24.5 Å². The first kappa shape index (κ1) is 24.1. The number of carbonyl (C=O) groups excluding carboxylic acids is 2. The number of pyridine rings is 1. The van der Waals surface area contributed by atoms with Crippen molar-refractivity contribution in [1.29, 1.82) is 5.26 Å². The Morgan fingerprint density at radius 2 is 2.18 bits per heavy atom. The molecule has 1 aliphatic carbocycles. The van der Waals surface area contributed by atoms with Crippen LogP contribution in [0.3, 0.4) is 0 Å². The summed E-state index contributed by atoms with van der Waals surface area (Å²) < 4.78 is 5.49. The van der Waals surface area contributed by atoms with Gasteiger partial charge in [-0.25, -0.2) is 4.79 Å². The summed E-state index contributed by atoms with van der Waals surface area (Å²) in [6.45, 7) is 0.683. The van der Waals surface area contributed by atoms with E-state index in [-0.39, 0.29) is 31.3 Å². The second-order valence-corrected chi connectivity index (χ2v) is 9.92. The minimum Gasteiger partial charge on any atom is -0.449 e. The van der Waals surface area contributed by atoms with E-state index in [1.165, 1.54) is 22.3 Å². The summed E-state index contributed by atoms with van der Waals surface area (Å²) in [5, 5.41) is 29.1. The normalized spacial score (nSPS) is 22.3. The van der Waals surface area contributed by atoms with Crippen LogP contribution in [0.2, 0.25) is 0 Å². The van der Waals surface area contributed by atoms with E-state index in [4.69, 9.17) is 4.74 Å². The highest BCUT2D eigenvalue weighted by Gasteiger charge is 2.31. The highest BCUT2D eigenvalue weighted by molar-refractivity contribution is 7.12. The quantitative estimate of drug-likeness (QED) is 0.608. The molecule has 1 aliphatic heterocycles. The number of fused-ring (bicyclic) bond motifs is 1. The summed E-state index contributed by atoms with van der Waals surface area (Å²) >= 11 is 1.50. The van der Waals surface area contributed by atoms with E-state index in [0.717, 1.165) is 27.3 Å². The number of rotatable bonds is 6. The molecule has 1 fully saturated rings. The Kier molecular flexibility index (Phi) is 7.73. The number of aliphatic hydroxyl groups excluding tert-OH is 2. The number of ether oxygens (including phenoxy) is 1. The number of nitrogens with zero attached hydrogens (tertiary/aromatic N) is 3. The zero-order valence-corrected chi connectivity index (χ0v) is 19.5. The van der Waals surface area contributed by atoms with Crippen LogP contribution in [0.25, 0.3) is 6.08 Å². The number of ketones is 1. The largest absolute Gasteiger partial charge is 0.449 e. The summed E-state index contributed by atoms with van der Waals surface area (Å²) in [5.74, 6) is 0.0641. The minimum atomic E-state index is -0.950. The Morgan fingerprint density at radius 1 is 1.32 bits per heavy atom. The average Bonchev–Trinajstić information content (AvgIpc) is 3.19. The van der Waals surface area contributed by atoms with Gasteiger partial charge in [-0.15, -0.1) is 11.3 Å². The fourth-order valence-corrected chi connectivity index (χ4v) is 5.78. The molecule has 1 amide bonds. The molecule has 9 heteroatoms. The average molecular weight is 482 g/mol. The van der Waals surface area contributed by atoms with Crippen LogP contribution in [0, 0.1) is 17.2 Å². The lowest BCUT2D eigenvalue weighted by Crippen LogP contribution is -2.49. The molecule has 0 bridgehead atoms. The molecule has 2 aromatic rings. The molecule has 1 unspecified atom stereocenters. The molecule has 0 radical (unpaired) electrons. The summed E-state index contributed by atoms with van der Waals surface area (Å²) in [6.07, 6.45) is 7.08. The molecule has 178 valence electrons. The summed E-state index contributed by atoms with van der Waals surface area (Å²) in [4.78, 5) is 32.2. The maximum atomic E-state index is 12.5. The molecule has 34 heavy (non-hydrogen) atoms. The molecular weight excluding hydrogens is 454 g/mol. The van der Waals surface area contributed by atoms with Gasteiger partial charge in [0.2, 0.25) is 0 Å². The number of likely N-dealkylation sites (tertiary alicyclic amines) is 1. The fraction of sp³-hybridized carbons (Fsp3) is 0.440. The zero-order chi connectivity index (χ0) is 24.1. The topological polar surface area (TPSA) is 124 Å². The lowest BCUT2D eigenvalue weighted by atomic mass is 9.87. The molecule has 0 saturated carbocycles. The van der Waals surface area contributed by atoms with E-state index in [9.17, 15) is 25.1 Å². The molecule has 2 N–H and O–H groups in total. The molecule has 2 aliphatic rings. The van der Waals surface area contributed by atoms with Crippen molar-refractivity contribution >= 4 is 29.3 Å². The highest BCUT2D eigenvalue weighted by atomic mass is 32.1. The molecule has 3 atom stereocenters. The van der Waals surface area contributed by atoms with Gasteiger partial charge in [-0.3, -0.25) is 9.78 Å². The molecule has 0 spiro atoms. The SMILES string of the molecule is N#Cc1c(CC(=O)/C=C/c2cccnc2)sc2c1CCC(COC(=O)N1CC[C@@H](O)[C@@H](O)C1)C2. The molecule has 8 nitrogen and oxygen atoms in total. The molecule has 2 aromatic heterocycles. The van der Waals surface area contributed by atoms with E-state index in [0.29, 0.717) is 31.4 Å². The van der Waals surface area contributed by atoms with Gasteiger partial charge < -0.3 is 19.8 Å². The van der Waals surface area contributed by atoms with Gasteiger partial charge in [-0.1, -0.05) is 6.07 Å². The third kappa shape index (κ3) is 5.70. The minimum absolute atomic E-state index is 0.0673. The van der Waals surface area contributed by atoms with Crippen LogP contribution in [-0.2, 0) is 28.8 Å². The third-order valence-corrected chi connectivity index (χ3v) is 7.53. The van der Waals surface area contributed by atoms with Crippen LogP contribution in [-0.4, -0.2) is 63.9 Å². The number of nitriles is 1. The third-order valence-electron chi connectivity index (χ3n) is 6.28. The molecular formula is C25H27N3O5S. The smallest absolute Gasteiger partial charge is 0.409 e. The number of thiophene rings is 1. The van der Waals surface area contributed by atoms with Gasteiger partial charge in [0.05, 0.1) is 30.9 Å². The Bertz CT molecular complexity index is 1110. The number of carbonyl (C=O) groups is 2. The Morgan fingerprint density at radius 3 is 2.91 bits per heavy atom. The number of aliphatic hydroxyl groups is 2. The van der Waals surface area contributed by atoms with Crippen molar-refractivity contribution in [2.75, 3.05) is 19.7 Å². The van der Waals surface area contributed by atoms with Crippen LogP contribution in [0.1, 0.15) is 39.3 Å². The number of piperidine rings is 1. The number of aromatic nitrogens is 1. The number of β-amino-alcohol motifs (C(OH)–C–C–N with tert-alkyl or cyclic N) is 1. The second kappa shape index (κ2) is 10.9. The van der Waals surface area contributed by atoms with E-state index >= 15 is 0 Å². The van der Waals surface area contributed by atoms with Crippen molar-refractivity contribution in [2.24, 2.45) is 5.92 Å². The fourth-order valence-electron chi connectivity index (χ4n) is 4.35. The van der Waals surface area contributed by atoms with Crippen molar-refractivity contribution in [2.45, 2.75) is 44.3 Å². The lowest BCUT2D eigenvalue weighted by Gasteiger charge is -2.33. The van der Waals surface area contributed by atoms with Crippen LogP contribution in [0.5, 0.6) is 0 Å². The van der Waals surface area contributed by atoms with Crippen LogP contribution in [0.4, 0.5) is 4.79 Å². The van der Waals surface area contributed by atoms with Gasteiger partial charge in [0.1, 0.15) is 6.07 Å². The number of amides is 1. The van der Waals surface area contributed by atoms with E-state index in [2.05, 4.69) is 11.1 Å². The summed E-state index contributed by atoms with van der Waals surface area (Å²) in [5.41, 5.74) is 2.47. The predicted molar refractivity (Wildman–Crippen MR) is 126 cm³/mol. The Labute approximate surface area is 202 Å². The Balaban J connectivity index is 1.34. The van der Waals surface area contributed by atoms with Crippen molar-refractivity contribution < 1.29 is 24.5 Å². The van der Waals surface area contributed by atoms with Gasteiger partial charge >= 0.3 is 6.09 Å². The molecule has 0 aromatic carbocycles. The summed E-state index contributed by atoms with van der Waals surface area (Å²) in [6, 6.07) is 5.96. The maximum absolute atomic E-state index is 12.5. The van der Waals surface area contributed by atoms with Crippen molar-refractivity contribution in [3.63, 3.8) is 0 Å². The van der Waals surface area contributed by atoms with Gasteiger partial charge in [0.25, 0.3) is 0 Å². The molecule has 1 saturated heterocycles. The zero-order valence-electron chi connectivity index (χ0n) is 18.7. The Hall–Kier alpha value is -3.06. The van der Waals surface area contributed by atoms with Crippen molar-refractivity contribution in [3.8, 4) is 6.07 Å². The number of hydrogen-bond acceptors (Lipinski definition) is 8. The van der Waals surface area contributed by atoms with Crippen LogP contribution < -0.4 is 0 Å². The highest BCUT2D eigenvalue weighted by Crippen LogP contribution is 2.36. The van der Waals surface area contributed by atoms with Gasteiger partial charge in [-0.2, -0.15) is 5.26 Å². The monoisotopic (exact) mass is 481 g/mol. The van der Waals surface area contributed by atoms with E-state index < -0.39 is 18.3 Å². The van der Waals surface area contributed by atoms with Gasteiger partial charge in [0.15, 0.2) is 5.78 Å².